The summed E-state index contributed by atoms with van der Waals surface area (Å²) in [5.74, 6) is -0.327. The van der Waals surface area contributed by atoms with Crippen LogP contribution in [0.25, 0.3) is 0 Å². The first-order chi connectivity index (χ1) is 12.8. The third kappa shape index (κ3) is 5.95. The van der Waals surface area contributed by atoms with Gasteiger partial charge in [-0.3, -0.25) is 9.59 Å². The summed E-state index contributed by atoms with van der Waals surface area (Å²) >= 11 is 0. The molecule has 0 radical (unpaired) electrons. The minimum absolute atomic E-state index is 0.0205. The van der Waals surface area contributed by atoms with E-state index in [1.165, 1.54) is 0 Å². The minimum Gasteiger partial charge on any atom is -0.367 e. The Hall–Kier alpha value is -2.09. The number of piperidine rings is 1. The number of hydrogen-bond acceptors (Lipinski definition) is 3. The van der Waals surface area contributed by atoms with Crippen molar-refractivity contribution in [3.8, 4) is 0 Å². The third-order valence-corrected chi connectivity index (χ3v) is 4.74. The highest BCUT2D eigenvalue weighted by molar-refractivity contribution is 5.94. The van der Waals surface area contributed by atoms with Crippen LogP contribution >= 0.6 is 0 Å². The van der Waals surface area contributed by atoms with Crippen LogP contribution in [0.15, 0.2) is 24.3 Å². The summed E-state index contributed by atoms with van der Waals surface area (Å²) in [7, 11) is 0. The molecule has 0 bridgehead atoms. The van der Waals surface area contributed by atoms with Gasteiger partial charge >= 0.3 is 6.18 Å². The molecule has 1 unspecified atom stereocenters. The Labute approximate surface area is 155 Å². The largest absolute Gasteiger partial charge is 0.411 e. The normalized spacial score (nSPS) is 20.4. The van der Waals surface area contributed by atoms with Crippen LogP contribution in [0.1, 0.15) is 41.6 Å². The molecule has 1 atom stereocenters. The van der Waals surface area contributed by atoms with E-state index >= 15 is 0 Å². The Morgan fingerprint density at radius 1 is 1.15 bits per heavy atom. The number of likely N-dealkylation sites (tertiary alicyclic amines) is 1. The molecule has 1 aromatic carbocycles. The smallest absolute Gasteiger partial charge is 0.367 e. The maximum atomic E-state index is 12.7. The summed E-state index contributed by atoms with van der Waals surface area (Å²) in [4.78, 5) is 26.6. The van der Waals surface area contributed by atoms with Crippen LogP contribution < -0.4 is 5.32 Å². The number of nitrogens with one attached hydrogen (secondary N) is 1. The Bertz CT molecular complexity index is 672. The molecule has 2 fully saturated rings. The van der Waals surface area contributed by atoms with Gasteiger partial charge in [0, 0.05) is 24.7 Å². The van der Waals surface area contributed by atoms with E-state index in [2.05, 4.69) is 10.1 Å². The summed E-state index contributed by atoms with van der Waals surface area (Å²) in [6, 6.07) is 6.65. The van der Waals surface area contributed by atoms with Crippen LogP contribution in [0.3, 0.4) is 0 Å². The number of amides is 2. The summed E-state index contributed by atoms with van der Waals surface area (Å²) < 4.78 is 40.9. The second kappa shape index (κ2) is 8.29. The molecule has 1 aromatic rings. The minimum atomic E-state index is -4.35. The average molecular weight is 384 g/mol. The van der Waals surface area contributed by atoms with Gasteiger partial charge in [-0.05, 0) is 43.4 Å². The molecule has 1 heterocycles. The molecule has 1 saturated heterocycles. The number of ether oxygens (including phenoxy) is 1. The van der Waals surface area contributed by atoms with Crippen molar-refractivity contribution in [1.82, 2.24) is 10.2 Å². The molecule has 0 aromatic heterocycles. The maximum Gasteiger partial charge on any atom is 0.411 e. The lowest BCUT2D eigenvalue weighted by Gasteiger charge is -2.32. The number of benzene rings is 1. The van der Waals surface area contributed by atoms with Crippen molar-refractivity contribution in [1.29, 1.82) is 0 Å². The van der Waals surface area contributed by atoms with E-state index in [1.54, 1.807) is 29.2 Å². The predicted molar refractivity (Wildman–Crippen MR) is 91.9 cm³/mol. The zero-order valence-electron chi connectivity index (χ0n) is 14.9. The van der Waals surface area contributed by atoms with Crippen molar-refractivity contribution < 1.29 is 27.5 Å². The quantitative estimate of drug-likeness (QED) is 0.821. The van der Waals surface area contributed by atoms with Crippen LogP contribution in [0.4, 0.5) is 13.2 Å². The van der Waals surface area contributed by atoms with E-state index in [4.69, 9.17) is 0 Å². The number of carbonyl (C=O) groups is 2. The Morgan fingerprint density at radius 2 is 1.85 bits per heavy atom. The first-order valence-electron chi connectivity index (χ1n) is 9.15. The van der Waals surface area contributed by atoms with E-state index in [-0.39, 0.29) is 24.3 Å². The van der Waals surface area contributed by atoms with Gasteiger partial charge in [-0.2, -0.15) is 13.2 Å². The summed E-state index contributed by atoms with van der Waals surface area (Å²) in [5.41, 5.74) is 1.02. The van der Waals surface area contributed by atoms with Crippen molar-refractivity contribution in [2.75, 3.05) is 19.7 Å². The number of halogens is 3. The van der Waals surface area contributed by atoms with Gasteiger partial charge in [-0.15, -0.1) is 0 Å². The van der Waals surface area contributed by atoms with E-state index in [0.29, 0.717) is 30.3 Å². The van der Waals surface area contributed by atoms with Gasteiger partial charge in [0.15, 0.2) is 0 Å². The molecule has 8 heteroatoms. The Kier molecular flexibility index (Phi) is 6.04. The van der Waals surface area contributed by atoms with Gasteiger partial charge < -0.3 is 15.0 Å². The van der Waals surface area contributed by atoms with Gasteiger partial charge in [0.1, 0.15) is 6.61 Å². The van der Waals surface area contributed by atoms with Crippen LogP contribution in [0.2, 0.25) is 0 Å². The lowest BCUT2D eigenvalue weighted by molar-refractivity contribution is -0.176. The highest BCUT2D eigenvalue weighted by Crippen LogP contribution is 2.23. The van der Waals surface area contributed by atoms with Crippen LogP contribution in [0, 0.1) is 5.92 Å². The maximum absolute atomic E-state index is 12.7. The highest BCUT2D eigenvalue weighted by Gasteiger charge is 2.32. The molecule has 1 saturated carbocycles. The van der Waals surface area contributed by atoms with Crippen LogP contribution in [-0.4, -0.2) is 48.6 Å². The fourth-order valence-electron chi connectivity index (χ4n) is 3.13. The molecule has 3 rings (SSSR count). The van der Waals surface area contributed by atoms with Crippen molar-refractivity contribution in [3.63, 3.8) is 0 Å². The lowest BCUT2D eigenvalue weighted by atomic mass is 9.96. The van der Waals surface area contributed by atoms with Crippen molar-refractivity contribution in [3.05, 3.63) is 35.4 Å². The lowest BCUT2D eigenvalue weighted by Crippen LogP contribution is -2.45. The van der Waals surface area contributed by atoms with E-state index in [9.17, 15) is 22.8 Å². The molecule has 0 spiro atoms. The number of rotatable bonds is 6. The number of hydrogen-bond donors (Lipinski definition) is 1. The SMILES string of the molecule is O=C(NC1CC1)C1CCCN(C(=O)c2ccc(COCC(F)(F)F)cc2)C1. The fourth-order valence-corrected chi connectivity index (χ4v) is 3.13. The average Bonchev–Trinajstić information content (AvgIpc) is 3.45. The molecular weight excluding hydrogens is 361 g/mol. The van der Waals surface area contributed by atoms with Gasteiger partial charge in [0.25, 0.3) is 5.91 Å². The van der Waals surface area contributed by atoms with Gasteiger partial charge in [0.05, 0.1) is 12.5 Å². The van der Waals surface area contributed by atoms with Crippen molar-refractivity contribution in [2.24, 2.45) is 5.92 Å². The molecule has 27 heavy (non-hydrogen) atoms. The molecule has 148 valence electrons. The van der Waals surface area contributed by atoms with Crippen molar-refractivity contribution in [2.45, 2.75) is 44.5 Å². The van der Waals surface area contributed by atoms with E-state index in [0.717, 1.165) is 25.7 Å². The van der Waals surface area contributed by atoms with E-state index < -0.39 is 12.8 Å². The molecule has 2 amide bonds. The fraction of sp³-hybridized carbons (Fsp3) is 0.579. The Balaban J connectivity index is 1.52. The number of alkyl halides is 3. The standard InChI is InChI=1S/C19H23F3N2O3/c20-19(21,22)12-27-11-13-3-5-14(6-4-13)18(26)24-9-1-2-15(10-24)17(25)23-16-7-8-16/h3-6,15-16H,1-2,7-12H2,(H,23,25). The summed E-state index contributed by atoms with van der Waals surface area (Å²) in [6.45, 7) is -0.469. The van der Waals surface area contributed by atoms with Crippen molar-refractivity contribution >= 4 is 11.8 Å². The van der Waals surface area contributed by atoms with Crippen LogP contribution in [-0.2, 0) is 16.1 Å². The Morgan fingerprint density at radius 3 is 2.48 bits per heavy atom. The number of nitrogens with zero attached hydrogens (tertiary/aromatic N) is 1. The second-order valence-corrected chi connectivity index (χ2v) is 7.18. The topological polar surface area (TPSA) is 58.6 Å². The molecule has 1 aliphatic carbocycles. The summed E-state index contributed by atoms with van der Waals surface area (Å²) in [5, 5.41) is 2.99. The molecule has 2 aliphatic rings. The summed E-state index contributed by atoms with van der Waals surface area (Å²) in [6.07, 6.45) is -0.748. The zero-order valence-corrected chi connectivity index (χ0v) is 14.9. The zero-order chi connectivity index (χ0) is 19.4. The highest BCUT2D eigenvalue weighted by atomic mass is 19.4. The van der Waals surface area contributed by atoms with Gasteiger partial charge in [-0.25, -0.2) is 0 Å². The number of carbonyl (C=O) groups excluding carboxylic acids is 2. The van der Waals surface area contributed by atoms with Gasteiger partial charge in [0.2, 0.25) is 5.91 Å². The molecular formula is C19H23F3N2O3. The first-order valence-corrected chi connectivity index (χ1v) is 9.15. The molecule has 5 nitrogen and oxygen atoms in total. The van der Waals surface area contributed by atoms with Crippen LogP contribution in [0.5, 0.6) is 0 Å². The second-order valence-electron chi connectivity index (χ2n) is 7.18. The predicted octanol–water partition coefficient (Wildman–Crippen LogP) is 2.90. The van der Waals surface area contributed by atoms with E-state index in [1.807, 2.05) is 0 Å². The third-order valence-electron chi connectivity index (χ3n) is 4.74. The van der Waals surface area contributed by atoms with Gasteiger partial charge in [-0.1, -0.05) is 12.1 Å². The monoisotopic (exact) mass is 384 g/mol. The molecule has 1 aliphatic heterocycles. The first kappa shape index (κ1) is 19.7. The molecule has 1 N–H and O–H groups in total.